The van der Waals surface area contributed by atoms with Crippen molar-refractivity contribution in [3.63, 3.8) is 0 Å². The summed E-state index contributed by atoms with van der Waals surface area (Å²) < 4.78 is 68.3. The number of phosphoric ester groups is 2. The molecule has 0 bridgehead atoms. The molecule has 0 rings (SSSR count). The lowest BCUT2D eigenvalue weighted by Gasteiger charge is -2.21. The van der Waals surface area contributed by atoms with Crippen LogP contribution in [-0.4, -0.2) is 96.7 Å². The van der Waals surface area contributed by atoms with Crippen molar-refractivity contribution in [3.05, 3.63) is 109 Å². The molecule has 552 valence electrons. The molecular weight excluding hydrogens is 1260 g/mol. The molecule has 0 fully saturated rings. The zero-order chi connectivity index (χ0) is 70.4. The zero-order valence-corrected chi connectivity index (χ0v) is 61.8. The van der Waals surface area contributed by atoms with Crippen LogP contribution in [0.15, 0.2) is 109 Å². The van der Waals surface area contributed by atoms with Crippen LogP contribution in [0.3, 0.4) is 0 Å². The summed E-state index contributed by atoms with van der Waals surface area (Å²) in [5.41, 5.74) is 0. The van der Waals surface area contributed by atoms with Gasteiger partial charge in [-0.3, -0.25) is 37.3 Å². The summed E-state index contributed by atoms with van der Waals surface area (Å²) in [5.74, 6) is -2.23. The Hall–Kier alpha value is -4.28. The molecular formula is C77H132O17P2. The Bertz CT molecular complexity index is 2250. The number of ether oxygens (including phenoxy) is 4. The number of carbonyl (C=O) groups is 4. The number of allylic oxidation sites excluding steroid dienone is 18. The van der Waals surface area contributed by atoms with Crippen molar-refractivity contribution in [2.45, 2.75) is 316 Å². The summed E-state index contributed by atoms with van der Waals surface area (Å²) >= 11 is 0. The van der Waals surface area contributed by atoms with Gasteiger partial charge in [-0.05, 0) is 135 Å². The summed E-state index contributed by atoms with van der Waals surface area (Å²) in [6.07, 6.45) is 72.3. The smallest absolute Gasteiger partial charge is 0.462 e. The molecule has 0 aromatic carbocycles. The van der Waals surface area contributed by atoms with Crippen LogP contribution < -0.4 is 0 Å². The van der Waals surface area contributed by atoms with E-state index in [1.165, 1.54) is 0 Å². The maximum absolute atomic E-state index is 13.1. The van der Waals surface area contributed by atoms with E-state index in [0.717, 1.165) is 218 Å². The quantitative estimate of drug-likeness (QED) is 0.0169. The van der Waals surface area contributed by atoms with Gasteiger partial charge in [0.2, 0.25) is 0 Å². The van der Waals surface area contributed by atoms with Gasteiger partial charge in [0.1, 0.15) is 19.3 Å². The van der Waals surface area contributed by atoms with E-state index in [-0.39, 0.29) is 25.7 Å². The first kappa shape index (κ1) is 91.7. The molecule has 0 aliphatic carbocycles. The maximum atomic E-state index is 13.1. The van der Waals surface area contributed by atoms with Crippen molar-refractivity contribution in [2.75, 3.05) is 39.6 Å². The fraction of sp³-hybridized carbons (Fsp3) is 0.714. The monoisotopic (exact) mass is 1390 g/mol. The minimum Gasteiger partial charge on any atom is -0.462 e. The van der Waals surface area contributed by atoms with Crippen LogP contribution in [0.2, 0.25) is 0 Å². The second kappa shape index (κ2) is 69.2. The van der Waals surface area contributed by atoms with Gasteiger partial charge in [-0.2, -0.15) is 0 Å². The highest BCUT2D eigenvalue weighted by molar-refractivity contribution is 7.47. The fourth-order valence-corrected chi connectivity index (χ4v) is 11.1. The number of rotatable bonds is 69. The van der Waals surface area contributed by atoms with Gasteiger partial charge in [0.25, 0.3) is 0 Å². The van der Waals surface area contributed by atoms with Crippen LogP contribution >= 0.6 is 15.6 Å². The molecule has 19 heteroatoms. The molecule has 0 saturated heterocycles. The summed E-state index contributed by atoms with van der Waals surface area (Å²) in [7, 11) is -9.96. The predicted octanol–water partition coefficient (Wildman–Crippen LogP) is 21.0. The minimum atomic E-state index is -4.98. The standard InChI is InChI=1S/C77H132O17P2/c1-5-9-13-17-21-25-29-33-34-35-36-40-42-46-50-54-58-62-75(80)88-68-73(94-77(82)64-60-56-52-48-44-39-32-28-24-20-16-12-8-4)70-92-96(85,86)90-66-71(78)65-89-95(83,84)91-69-72(93-76(81)63-59-55-51-47-43-38-31-27-23-19-15-11-7-3)67-87-74(79)61-57-53-49-45-41-37-30-26-22-18-14-10-6-2/h9,13-16,18-21,25-28,30-34,71-73,78H,5-8,10-12,17,22-24,29,35-70H2,1-4H3,(H,83,84)(H,85,86)/b13-9-,18-14-,19-15-,20-16-,25-21-,30-26-,31-27-,32-28-,34-33-. The maximum Gasteiger partial charge on any atom is 0.472 e. The van der Waals surface area contributed by atoms with E-state index in [2.05, 4.69) is 137 Å². The van der Waals surface area contributed by atoms with Gasteiger partial charge in [-0.1, -0.05) is 246 Å². The average Bonchev–Trinajstić information content (AvgIpc) is 3.12. The van der Waals surface area contributed by atoms with Gasteiger partial charge in [-0.25, -0.2) is 9.13 Å². The van der Waals surface area contributed by atoms with Gasteiger partial charge in [0.15, 0.2) is 12.2 Å². The first-order valence-corrected chi connectivity index (χ1v) is 40.1. The first-order valence-electron chi connectivity index (χ1n) is 37.1. The molecule has 0 aromatic rings. The van der Waals surface area contributed by atoms with Crippen LogP contribution in [0, 0.1) is 0 Å². The van der Waals surface area contributed by atoms with Crippen LogP contribution in [0.25, 0.3) is 0 Å². The third-order valence-electron chi connectivity index (χ3n) is 15.1. The van der Waals surface area contributed by atoms with Crippen LogP contribution in [0.4, 0.5) is 0 Å². The van der Waals surface area contributed by atoms with Crippen molar-refractivity contribution >= 4 is 39.5 Å². The molecule has 0 aliphatic heterocycles. The molecule has 0 aromatic heterocycles. The number of esters is 4. The van der Waals surface area contributed by atoms with Gasteiger partial charge in [-0.15, -0.1) is 0 Å². The highest BCUT2D eigenvalue weighted by atomic mass is 31.2. The molecule has 0 radical (unpaired) electrons. The number of phosphoric acid groups is 2. The Morgan fingerprint density at radius 1 is 0.302 bits per heavy atom. The molecule has 0 amide bonds. The molecule has 0 aliphatic rings. The largest absolute Gasteiger partial charge is 0.472 e. The Labute approximate surface area is 581 Å². The Balaban J connectivity index is 5.35. The second-order valence-electron chi connectivity index (χ2n) is 24.5. The number of aliphatic hydroxyl groups excluding tert-OH is 1. The molecule has 0 saturated carbocycles. The first-order chi connectivity index (χ1) is 46.7. The molecule has 3 N–H and O–H groups in total. The molecule has 17 nitrogen and oxygen atoms in total. The van der Waals surface area contributed by atoms with Crippen molar-refractivity contribution in [1.29, 1.82) is 0 Å². The second-order valence-corrected chi connectivity index (χ2v) is 27.4. The summed E-state index contributed by atoms with van der Waals surface area (Å²) in [6, 6.07) is 0. The molecule has 0 spiro atoms. The SMILES string of the molecule is CC/C=C\C/C=C\C/C=C\CCCCCCCCCC(=O)OCC(COP(=O)(O)OCC(O)COP(=O)(O)OCC(COC(=O)CCCCCCC/C=C\C/C=C\CCC)OC(=O)CCCCCCC/C=C\C/C=C\CCC)OC(=O)CCCCCCC/C=C\C/C=C\CCC. The van der Waals surface area contributed by atoms with E-state index in [1.54, 1.807) is 0 Å². The number of hydrogen-bond acceptors (Lipinski definition) is 15. The number of aliphatic hydroxyl groups is 1. The van der Waals surface area contributed by atoms with Crippen molar-refractivity contribution in [3.8, 4) is 0 Å². The molecule has 0 heterocycles. The van der Waals surface area contributed by atoms with Gasteiger partial charge >= 0.3 is 39.5 Å². The zero-order valence-electron chi connectivity index (χ0n) is 60.0. The minimum absolute atomic E-state index is 0.0745. The Morgan fingerprint density at radius 3 is 0.833 bits per heavy atom. The van der Waals surface area contributed by atoms with Crippen LogP contribution in [0.5, 0.6) is 0 Å². The molecule has 5 atom stereocenters. The van der Waals surface area contributed by atoms with Crippen molar-refractivity contribution in [1.82, 2.24) is 0 Å². The van der Waals surface area contributed by atoms with Gasteiger partial charge in [0, 0.05) is 25.7 Å². The number of hydrogen-bond donors (Lipinski definition) is 3. The topological polar surface area (TPSA) is 237 Å². The third kappa shape index (κ3) is 68.3. The Morgan fingerprint density at radius 2 is 0.542 bits per heavy atom. The lowest BCUT2D eigenvalue weighted by Crippen LogP contribution is -2.30. The third-order valence-corrected chi connectivity index (χ3v) is 17.0. The van der Waals surface area contributed by atoms with E-state index in [0.29, 0.717) is 25.7 Å². The van der Waals surface area contributed by atoms with Crippen molar-refractivity contribution < 1.29 is 80.2 Å². The number of unbranched alkanes of at least 4 members (excludes halogenated alkanes) is 25. The van der Waals surface area contributed by atoms with Crippen molar-refractivity contribution in [2.24, 2.45) is 0 Å². The van der Waals surface area contributed by atoms with E-state index >= 15 is 0 Å². The predicted molar refractivity (Wildman–Crippen MR) is 390 cm³/mol. The molecule has 5 unspecified atom stereocenters. The fourth-order valence-electron chi connectivity index (χ4n) is 9.52. The summed E-state index contributed by atoms with van der Waals surface area (Å²) in [6.45, 7) is 4.51. The van der Waals surface area contributed by atoms with E-state index in [1.807, 2.05) is 0 Å². The number of carbonyl (C=O) groups excluding carboxylic acids is 4. The van der Waals surface area contributed by atoms with E-state index < -0.39 is 97.5 Å². The van der Waals surface area contributed by atoms with E-state index in [9.17, 15) is 43.2 Å². The van der Waals surface area contributed by atoms with Crippen LogP contribution in [-0.2, 0) is 65.4 Å². The lowest BCUT2D eigenvalue weighted by atomic mass is 10.1. The molecule has 96 heavy (non-hydrogen) atoms. The van der Waals surface area contributed by atoms with Gasteiger partial charge in [0.05, 0.1) is 26.4 Å². The van der Waals surface area contributed by atoms with E-state index in [4.69, 9.17) is 37.0 Å². The highest BCUT2D eigenvalue weighted by Gasteiger charge is 2.30. The van der Waals surface area contributed by atoms with Crippen LogP contribution in [0.1, 0.15) is 297 Å². The highest BCUT2D eigenvalue weighted by Crippen LogP contribution is 2.45. The lowest BCUT2D eigenvalue weighted by molar-refractivity contribution is -0.161. The average molecular weight is 1390 g/mol. The summed E-state index contributed by atoms with van der Waals surface area (Å²) in [5, 5.41) is 10.6. The summed E-state index contributed by atoms with van der Waals surface area (Å²) in [4.78, 5) is 72.7. The Kier molecular flexibility index (Phi) is 66.1. The van der Waals surface area contributed by atoms with Gasteiger partial charge < -0.3 is 33.8 Å². The normalized spacial score (nSPS) is 14.6.